The summed E-state index contributed by atoms with van der Waals surface area (Å²) in [5.41, 5.74) is 5.65. The average Bonchev–Trinajstić information content (AvgIpc) is 3.12. The minimum absolute atomic E-state index is 0.000927. The third-order valence-corrected chi connectivity index (χ3v) is 3.79. The highest BCUT2D eigenvalue weighted by Gasteiger charge is 2.38. The van der Waals surface area contributed by atoms with Gasteiger partial charge in [0.1, 0.15) is 0 Å². The molecular weight excluding hydrogens is 230 g/mol. The summed E-state index contributed by atoms with van der Waals surface area (Å²) >= 11 is 0. The molecule has 2 atom stereocenters. The Kier molecular flexibility index (Phi) is 3.90. The second kappa shape index (κ2) is 5.26. The molecule has 2 N–H and O–H groups in total. The van der Waals surface area contributed by atoms with E-state index in [2.05, 4.69) is 0 Å². The largest absolute Gasteiger partial charge is 0.339 e. The molecule has 0 radical (unpaired) electrons. The molecule has 0 aromatic heterocycles. The normalized spacial score (nSPS) is 25.7. The summed E-state index contributed by atoms with van der Waals surface area (Å²) in [7, 11) is 0. The van der Waals surface area contributed by atoms with E-state index in [4.69, 9.17) is 5.73 Å². The van der Waals surface area contributed by atoms with Crippen molar-refractivity contribution >= 4 is 11.8 Å². The fourth-order valence-electron chi connectivity index (χ4n) is 2.84. The predicted molar refractivity (Wildman–Crippen MR) is 68.8 cm³/mol. The average molecular weight is 253 g/mol. The van der Waals surface area contributed by atoms with Gasteiger partial charge in [-0.3, -0.25) is 9.59 Å². The minimum atomic E-state index is -0.449. The summed E-state index contributed by atoms with van der Waals surface area (Å²) < 4.78 is 0. The standard InChI is InChI=1S/C13H23N3O2/c1-9(14)13(18)15-7-3-4-12(8-15)16(10(2)17)11-5-6-11/h9,11-12H,3-8,14H2,1-2H3/t9-,12?/m0/s1. The van der Waals surface area contributed by atoms with Gasteiger partial charge in [-0.15, -0.1) is 0 Å². The lowest BCUT2D eigenvalue weighted by atomic mass is 10.0. The number of rotatable bonds is 3. The fraction of sp³-hybridized carbons (Fsp3) is 0.846. The maximum atomic E-state index is 11.9. The van der Waals surface area contributed by atoms with E-state index in [0.717, 1.165) is 32.2 Å². The van der Waals surface area contributed by atoms with Crippen LogP contribution in [0.3, 0.4) is 0 Å². The number of nitrogens with two attached hydrogens (primary N) is 1. The third-order valence-electron chi connectivity index (χ3n) is 3.79. The maximum absolute atomic E-state index is 11.9. The molecule has 2 fully saturated rings. The van der Waals surface area contributed by atoms with Crippen LogP contribution in [0.25, 0.3) is 0 Å². The molecule has 2 amide bonds. The van der Waals surface area contributed by atoms with Crippen LogP contribution in [-0.4, -0.2) is 52.8 Å². The van der Waals surface area contributed by atoms with E-state index in [-0.39, 0.29) is 17.9 Å². The molecule has 0 aromatic rings. The highest BCUT2D eigenvalue weighted by molar-refractivity contribution is 5.81. The minimum Gasteiger partial charge on any atom is -0.339 e. The second-order valence-corrected chi connectivity index (χ2v) is 5.53. The molecule has 1 saturated carbocycles. The SMILES string of the molecule is CC(=O)N(C1CC1)C1CCCN(C(=O)[C@H](C)N)C1. The summed E-state index contributed by atoms with van der Waals surface area (Å²) in [6.07, 6.45) is 4.17. The lowest BCUT2D eigenvalue weighted by Gasteiger charge is -2.39. The predicted octanol–water partition coefficient (Wildman–Crippen LogP) is 0.336. The number of nitrogens with zero attached hydrogens (tertiary/aromatic N) is 2. The highest BCUT2D eigenvalue weighted by atomic mass is 16.2. The molecule has 2 rings (SSSR count). The Bertz CT molecular complexity index is 339. The molecule has 2 aliphatic rings. The number of amides is 2. The van der Waals surface area contributed by atoms with Crippen molar-refractivity contribution in [3.05, 3.63) is 0 Å². The van der Waals surface area contributed by atoms with Crippen molar-refractivity contribution in [3.63, 3.8) is 0 Å². The molecule has 1 aliphatic heterocycles. The van der Waals surface area contributed by atoms with E-state index in [1.165, 1.54) is 0 Å². The van der Waals surface area contributed by atoms with Crippen LogP contribution in [-0.2, 0) is 9.59 Å². The molecule has 1 saturated heterocycles. The fourth-order valence-corrected chi connectivity index (χ4v) is 2.84. The molecule has 1 heterocycles. The topological polar surface area (TPSA) is 66.6 Å². The zero-order valence-corrected chi connectivity index (χ0v) is 11.3. The van der Waals surface area contributed by atoms with Crippen LogP contribution < -0.4 is 5.73 Å². The summed E-state index contributed by atoms with van der Waals surface area (Å²) in [4.78, 5) is 27.5. The summed E-state index contributed by atoms with van der Waals surface area (Å²) in [6, 6.07) is 0.153. The van der Waals surface area contributed by atoms with Crippen LogP contribution in [0, 0.1) is 0 Å². The molecular formula is C13H23N3O2. The molecule has 18 heavy (non-hydrogen) atoms. The Balaban J connectivity index is 2.01. The highest BCUT2D eigenvalue weighted by Crippen LogP contribution is 2.31. The molecule has 1 aliphatic carbocycles. The molecule has 0 spiro atoms. The Morgan fingerprint density at radius 2 is 1.94 bits per heavy atom. The first kappa shape index (κ1) is 13.3. The van der Waals surface area contributed by atoms with Crippen molar-refractivity contribution in [1.82, 2.24) is 9.80 Å². The van der Waals surface area contributed by atoms with Crippen LogP contribution in [0.2, 0.25) is 0 Å². The Labute approximate surface area is 108 Å². The molecule has 5 heteroatoms. The quantitative estimate of drug-likeness (QED) is 0.788. The number of carbonyl (C=O) groups is 2. The van der Waals surface area contributed by atoms with Gasteiger partial charge in [-0.25, -0.2) is 0 Å². The lowest BCUT2D eigenvalue weighted by molar-refractivity contribution is -0.139. The second-order valence-electron chi connectivity index (χ2n) is 5.53. The van der Waals surface area contributed by atoms with Gasteiger partial charge in [-0.05, 0) is 32.6 Å². The first-order valence-electron chi connectivity index (χ1n) is 6.84. The third kappa shape index (κ3) is 2.83. The molecule has 5 nitrogen and oxygen atoms in total. The smallest absolute Gasteiger partial charge is 0.239 e. The molecule has 0 aromatic carbocycles. The van der Waals surface area contributed by atoms with Gasteiger partial charge in [0.15, 0.2) is 0 Å². The Morgan fingerprint density at radius 3 is 2.44 bits per heavy atom. The Morgan fingerprint density at radius 1 is 1.28 bits per heavy atom. The summed E-state index contributed by atoms with van der Waals surface area (Å²) in [5, 5.41) is 0. The van der Waals surface area contributed by atoms with Crippen molar-refractivity contribution in [3.8, 4) is 0 Å². The van der Waals surface area contributed by atoms with Gasteiger partial charge in [0.2, 0.25) is 11.8 Å². The zero-order valence-electron chi connectivity index (χ0n) is 11.3. The molecule has 1 unspecified atom stereocenters. The first-order valence-corrected chi connectivity index (χ1v) is 6.84. The van der Waals surface area contributed by atoms with Crippen molar-refractivity contribution in [2.75, 3.05) is 13.1 Å². The van der Waals surface area contributed by atoms with Gasteiger partial charge >= 0.3 is 0 Å². The first-order chi connectivity index (χ1) is 8.50. The lowest BCUT2D eigenvalue weighted by Crippen LogP contribution is -2.54. The number of hydrogen-bond acceptors (Lipinski definition) is 3. The van der Waals surface area contributed by atoms with Crippen molar-refractivity contribution in [1.29, 1.82) is 0 Å². The van der Waals surface area contributed by atoms with Gasteiger partial charge in [0, 0.05) is 32.1 Å². The monoisotopic (exact) mass is 253 g/mol. The Hall–Kier alpha value is -1.10. The number of hydrogen-bond donors (Lipinski definition) is 1. The van der Waals surface area contributed by atoms with Gasteiger partial charge in [-0.1, -0.05) is 0 Å². The van der Waals surface area contributed by atoms with E-state index in [1.807, 2.05) is 9.80 Å². The zero-order chi connectivity index (χ0) is 13.3. The molecule has 0 bridgehead atoms. The van der Waals surface area contributed by atoms with E-state index in [1.54, 1.807) is 13.8 Å². The van der Waals surface area contributed by atoms with Gasteiger partial charge < -0.3 is 15.5 Å². The van der Waals surface area contributed by atoms with Gasteiger partial charge in [0.25, 0.3) is 0 Å². The number of carbonyl (C=O) groups excluding carboxylic acids is 2. The van der Waals surface area contributed by atoms with Crippen LogP contribution in [0.1, 0.15) is 39.5 Å². The van der Waals surface area contributed by atoms with E-state index < -0.39 is 6.04 Å². The van der Waals surface area contributed by atoms with Crippen LogP contribution >= 0.6 is 0 Å². The maximum Gasteiger partial charge on any atom is 0.239 e. The van der Waals surface area contributed by atoms with Crippen LogP contribution in [0.5, 0.6) is 0 Å². The van der Waals surface area contributed by atoms with E-state index >= 15 is 0 Å². The van der Waals surface area contributed by atoms with Crippen molar-refractivity contribution in [2.45, 2.75) is 57.7 Å². The van der Waals surface area contributed by atoms with Crippen molar-refractivity contribution in [2.24, 2.45) is 5.73 Å². The van der Waals surface area contributed by atoms with E-state index in [9.17, 15) is 9.59 Å². The molecule has 102 valence electrons. The van der Waals surface area contributed by atoms with Gasteiger partial charge in [0.05, 0.1) is 6.04 Å². The number of piperidine rings is 1. The number of likely N-dealkylation sites (tertiary alicyclic amines) is 1. The van der Waals surface area contributed by atoms with Gasteiger partial charge in [-0.2, -0.15) is 0 Å². The summed E-state index contributed by atoms with van der Waals surface area (Å²) in [5.74, 6) is 0.136. The summed E-state index contributed by atoms with van der Waals surface area (Å²) in [6.45, 7) is 4.77. The van der Waals surface area contributed by atoms with E-state index in [0.29, 0.717) is 12.6 Å². The van der Waals surface area contributed by atoms with Crippen LogP contribution in [0.15, 0.2) is 0 Å². The van der Waals surface area contributed by atoms with Crippen molar-refractivity contribution < 1.29 is 9.59 Å². The van der Waals surface area contributed by atoms with Crippen LogP contribution in [0.4, 0.5) is 0 Å².